The van der Waals surface area contributed by atoms with Crippen LogP contribution in [0.3, 0.4) is 0 Å². The van der Waals surface area contributed by atoms with Crippen molar-refractivity contribution in [3.05, 3.63) is 70.9 Å². The van der Waals surface area contributed by atoms with Crippen molar-refractivity contribution >= 4 is 34.2 Å². The fourth-order valence-corrected chi connectivity index (χ4v) is 4.13. The number of carbonyl (C=O) groups is 3. The Morgan fingerprint density at radius 2 is 1.71 bits per heavy atom. The minimum absolute atomic E-state index is 0.0262. The molecule has 35 heavy (non-hydrogen) atoms. The first kappa shape index (κ1) is 26.0. The monoisotopic (exact) mass is 496 g/mol. The predicted octanol–water partition coefficient (Wildman–Crippen LogP) is 4.41. The van der Waals surface area contributed by atoms with Gasteiger partial charge in [-0.25, -0.2) is 9.37 Å². The molecule has 0 aliphatic rings. The number of nitrogens with zero attached hydrogens (tertiary/aromatic N) is 1. The molecule has 0 radical (unpaired) electrons. The topological polar surface area (TPSA) is 100 Å². The van der Waals surface area contributed by atoms with Crippen LogP contribution in [0.2, 0.25) is 0 Å². The van der Waals surface area contributed by atoms with Crippen LogP contribution in [0, 0.1) is 11.7 Å². The smallest absolute Gasteiger partial charge is 0.251 e. The molecule has 0 unspecified atom stereocenters. The van der Waals surface area contributed by atoms with Gasteiger partial charge < -0.3 is 16.0 Å². The normalized spacial score (nSPS) is 11.7. The standard InChI is InChI=1S/C26H29FN4O3S/c1-16(2)23(30-24(33)20-10-12-21(27)13-11-20)25(34)31-26-29-22(15-35-26)19-8-6-18(7-9-19)5-4-14-28-17(3)32/h6-13,15-16,23H,4-5,14H2,1-3H3,(H,28,32)(H,30,33)(H,29,31,34)/t23-/m0/s1. The summed E-state index contributed by atoms with van der Waals surface area (Å²) in [5.74, 6) is -1.45. The number of hydrogen-bond donors (Lipinski definition) is 3. The van der Waals surface area contributed by atoms with E-state index in [9.17, 15) is 18.8 Å². The van der Waals surface area contributed by atoms with Gasteiger partial charge in [-0.3, -0.25) is 14.4 Å². The van der Waals surface area contributed by atoms with E-state index >= 15 is 0 Å². The molecule has 0 bridgehead atoms. The number of hydrogen-bond acceptors (Lipinski definition) is 5. The Labute approximate surface area is 208 Å². The Bertz CT molecular complexity index is 1160. The molecule has 0 spiro atoms. The summed E-state index contributed by atoms with van der Waals surface area (Å²) in [6, 6.07) is 12.4. The van der Waals surface area contributed by atoms with Crippen LogP contribution in [0.15, 0.2) is 53.9 Å². The second kappa shape index (κ2) is 12.2. The van der Waals surface area contributed by atoms with E-state index in [1.165, 1.54) is 48.1 Å². The maximum Gasteiger partial charge on any atom is 0.251 e. The fourth-order valence-electron chi connectivity index (χ4n) is 3.41. The molecule has 9 heteroatoms. The average Bonchev–Trinajstić information content (AvgIpc) is 3.29. The number of halogens is 1. The zero-order valence-electron chi connectivity index (χ0n) is 19.9. The highest BCUT2D eigenvalue weighted by Gasteiger charge is 2.25. The molecular formula is C26H29FN4O3S. The Morgan fingerprint density at radius 3 is 2.34 bits per heavy atom. The number of anilines is 1. The molecule has 1 aromatic heterocycles. The second-order valence-electron chi connectivity index (χ2n) is 8.51. The van der Waals surface area contributed by atoms with Gasteiger partial charge in [-0.05, 0) is 48.6 Å². The number of aromatic nitrogens is 1. The molecule has 0 fully saturated rings. The number of benzene rings is 2. The molecule has 3 rings (SSSR count). The highest BCUT2D eigenvalue weighted by atomic mass is 32.1. The molecule has 0 saturated heterocycles. The molecule has 1 atom stereocenters. The lowest BCUT2D eigenvalue weighted by atomic mass is 10.0. The third-order valence-electron chi connectivity index (χ3n) is 5.34. The molecule has 184 valence electrons. The minimum atomic E-state index is -0.781. The van der Waals surface area contributed by atoms with Crippen molar-refractivity contribution in [3.8, 4) is 11.3 Å². The van der Waals surface area contributed by atoms with Crippen molar-refractivity contribution in [1.29, 1.82) is 0 Å². The number of amides is 3. The predicted molar refractivity (Wildman–Crippen MR) is 136 cm³/mol. The first-order chi connectivity index (χ1) is 16.7. The van der Waals surface area contributed by atoms with E-state index < -0.39 is 17.8 Å². The quantitative estimate of drug-likeness (QED) is 0.362. The highest BCUT2D eigenvalue weighted by Crippen LogP contribution is 2.26. The van der Waals surface area contributed by atoms with E-state index in [1.807, 2.05) is 43.5 Å². The zero-order valence-corrected chi connectivity index (χ0v) is 20.7. The van der Waals surface area contributed by atoms with E-state index in [2.05, 4.69) is 20.9 Å². The van der Waals surface area contributed by atoms with Gasteiger partial charge in [-0.2, -0.15) is 0 Å². The molecule has 2 aromatic carbocycles. The Hall–Kier alpha value is -3.59. The van der Waals surface area contributed by atoms with Crippen LogP contribution in [0.4, 0.5) is 9.52 Å². The van der Waals surface area contributed by atoms with Crippen LogP contribution in [-0.2, 0) is 16.0 Å². The summed E-state index contributed by atoms with van der Waals surface area (Å²) in [5, 5.41) is 10.6. The third-order valence-corrected chi connectivity index (χ3v) is 6.10. The minimum Gasteiger partial charge on any atom is -0.356 e. The van der Waals surface area contributed by atoms with Crippen LogP contribution in [-0.4, -0.2) is 35.3 Å². The number of thiazole rings is 1. The van der Waals surface area contributed by atoms with Crippen molar-refractivity contribution in [1.82, 2.24) is 15.6 Å². The van der Waals surface area contributed by atoms with E-state index in [4.69, 9.17) is 0 Å². The molecule has 3 aromatic rings. The summed E-state index contributed by atoms with van der Waals surface area (Å²) >= 11 is 1.30. The van der Waals surface area contributed by atoms with E-state index in [1.54, 1.807) is 0 Å². The molecular weight excluding hydrogens is 467 g/mol. The van der Waals surface area contributed by atoms with Gasteiger partial charge in [0.25, 0.3) is 5.91 Å². The van der Waals surface area contributed by atoms with Crippen LogP contribution < -0.4 is 16.0 Å². The van der Waals surface area contributed by atoms with Crippen LogP contribution in [0.1, 0.15) is 43.1 Å². The maximum absolute atomic E-state index is 13.1. The highest BCUT2D eigenvalue weighted by molar-refractivity contribution is 7.14. The van der Waals surface area contributed by atoms with Crippen molar-refractivity contribution in [2.45, 2.75) is 39.7 Å². The van der Waals surface area contributed by atoms with Crippen LogP contribution >= 0.6 is 11.3 Å². The van der Waals surface area contributed by atoms with Gasteiger partial charge in [0.15, 0.2) is 5.13 Å². The van der Waals surface area contributed by atoms with E-state index in [0.29, 0.717) is 11.7 Å². The first-order valence-corrected chi connectivity index (χ1v) is 12.3. The largest absolute Gasteiger partial charge is 0.356 e. The molecule has 0 aliphatic carbocycles. The van der Waals surface area contributed by atoms with Crippen LogP contribution in [0.5, 0.6) is 0 Å². The third kappa shape index (κ3) is 7.71. The van der Waals surface area contributed by atoms with Crippen molar-refractivity contribution in [2.75, 3.05) is 11.9 Å². The molecule has 3 amide bonds. The van der Waals surface area contributed by atoms with E-state index in [-0.39, 0.29) is 23.3 Å². The van der Waals surface area contributed by atoms with Gasteiger partial charge in [-0.15, -0.1) is 11.3 Å². The lowest BCUT2D eigenvalue weighted by molar-refractivity contribution is -0.119. The number of carbonyl (C=O) groups excluding carboxylic acids is 3. The maximum atomic E-state index is 13.1. The van der Waals surface area contributed by atoms with E-state index in [0.717, 1.165) is 24.1 Å². The fraction of sp³-hybridized carbons (Fsp3) is 0.308. The zero-order chi connectivity index (χ0) is 25.4. The van der Waals surface area contributed by atoms with Gasteiger partial charge in [0.2, 0.25) is 11.8 Å². The Kier molecular flexibility index (Phi) is 9.08. The Balaban J connectivity index is 1.59. The summed E-state index contributed by atoms with van der Waals surface area (Å²) < 4.78 is 13.1. The summed E-state index contributed by atoms with van der Waals surface area (Å²) in [4.78, 5) is 40.9. The SMILES string of the molecule is CC(=O)NCCCc1ccc(-c2csc(NC(=O)[C@@H](NC(=O)c3ccc(F)cc3)C(C)C)n2)cc1. The van der Waals surface area contributed by atoms with Crippen molar-refractivity contribution in [2.24, 2.45) is 5.92 Å². The lowest BCUT2D eigenvalue weighted by Crippen LogP contribution is -2.47. The molecule has 0 saturated carbocycles. The Morgan fingerprint density at radius 1 is 1.03 bits per heavy atom. The van der Waals surface area contributed by atoms with Gasteiger partial charge in [0, 0.05) is 30.0 Å². The molecule has 3 N–H and O–H groups in total. The number of nitrogens with one attached hydrogen (secondary N) is 3. The summed E-state index contributed by atoms with van der Waals surface area (Å²) in [7, 11) is 0. The first-order valence-electron chi connectivity index (χ1n) is 11.4. The number of aryl methyl sites for hydroxylation is 1. The lowest BCUT2D eigenvalue weighted by Gasteiger charge is -2.21. The van der Waals surface area contributed by atoms with Crippen molar-refractivity contribution < 1.29 is 18.8 Å². The van der Waals surface area contributed by atoms with Gasteiger partial charge in [0.1, 0.15) is 11.9 Å². The summed E-state index contributed by atoms with van der Waals surface area (Å²) in [6.07, 6.45) is 1.72. The van der Waals surface area contributed by atoms with Crippen LogP contribution in [0.25, 0.3) is 11.3 Å². The van der Waals surface area contributed by atoms with Gasteiger partial charge in [-0.1, -0.05) is 38.1 Å². The molecule has 7 nitrogen and oxygen atoms in total. The van der Waals surface area contributed by atoms with Gasteiger partial charge >= 0.3 is 0 Å². The average molecular weight is 497 g/mol. The summed E-state index contributed by atoms with van der Waals surface area (Å²) in [6.45, 7) is 5.82. The van der Waals surface area contributed by atoms with Crippen molar-refractivity contribution in [3.63, 3.8) is 0 Å². The molecule has 0 aliphatic heterocycles. The summed E-state index contributed by atoms with van der Waals surface area (Å²) in [5.41, 5.74) is 3.11. The molecule has 1 heterocycles. The number of rotatable bonds is 10. The second-order valence-corrected chi connectivity index (χ2v) is 9.37. The van der Waals surface area contributed by atoms with Gasteiger partial charge in [0.05, 0.1) is 5.69 Å².